The number of hydrogen-bond acceptors (Lipinski definition) is 2. The average molecular weight is 294 g/mol. The van der Waals surface area contributed by atoms with E-state index >= 15 is 0 Å². The van der Waals surface area contributed by atoms with Crippen molar-refractivity contribution in [1.29, 1.82) is 5.26 Å². The van der Waals surface area contributed by atoms with E-state index in [0.717, 1.165) is 11.8 Å². The van der Waals surface area contributed by atoms with Gasteiger partial charge in [-0.3, -0.25) is 0 Å². The Balaban J connectivity index is 3.67. The lowest BCUT2D eigenvalue weighted by atomic mass is 10.7. The van der Waals surface area contributed by atoms with Crippen molar-refractivity contribution >= 4 is 57.6 Å². The number of thioether (sulfide) groups is 1. The summed E-state index contributed by atoms with van der Waals surface area (Å²) in [5.41, 5.74) is 0. The summed E-state index contributed by atoms with van der Waals surface area (Å²) in [7, 11) is 0. The Morgan fingerprint density at radius 1 is 1.67 bits per heavy atom. The van der Waals surface area contributed by atoms with Crippen LogP contribution < -0.4 is 0 Å². The number of nitrogens with zero attached hydrogens (tertiary/aromatic N) is 1. The maximum Gasteiger partial charge on any atom is 0.133 e. The Morgan fingerprint density at radius 3 is 2.56 bits per heavy atom. The quantitative estimate of drug-likeness (QED) is 0.576. The monoisotopic (exact) mass is 293 g/mol. The van der Waals surface area contributed by atoms with Gasteiger partial charge in [0.1, 0.15) is 5.40 Å². The molecule has 0 radical (unpaired) electrons. The molecular weight excluding hydrogens is 292 g/mol. The van der Waals surface area contributed by atoms with E-state index in [0.29, 0.717) is 13.8 Å². The van der Waals surface area contributed by atoms with Gasteiger partial charge in [-0.1, -0.05) is 23.2 Å². The van der Waals surface area contributed by atoms with Gasteiger partial charge in [0.15, 0.2) is 0 Å². The van der Waals surface area contributed by atoms with Gasteiger partial charge >= 0.3 is 0 Å². The van der Waals surface area contributed by atoms with Crippen LogP contribution in [-0.4, -0.2) is 5.75 Å². The first-order valence-corrected chi connectivity index (χ1v) is 4.71. The number of hydrogen-bond donors (Lipinski definition) is 0. The molecule has 0 rings (SSSR count). The van der Waals surface area contributed by atoms with Crippen LogP contribution in [0.15, 0.2) is 8.07 Å². The highest BCUT2D eigenvalue weighted by molar-refractivity contribution is 14.1. The largest absolute Gasteiger partial charge is 0.185 e. The summed E-state index contributed by atoms with van der Waals surface area (Å²) in [6.07, 6.45) is 0. The highest BCUT2D eigenvalue weighted by Gasteiger charge is 1.96. The topological polar surface area (TPSA) is 23.8 Å². The van der Waals surface area contributed by atoms with Crippen LogP contribution in [0, 0.1) is 10.7 Å². The molecule has 0 aromatic carbocycles. The maximum absolute atomic E-state index is 8.08. The lowest BCUT2D eigenvalue weighted by Gasteiger charge is -1.90. The van der Waals surface area contributed by atoms with Crippen molar-refractivity contribution in [2.45, 2.75) is 0 Å². The number of rotatable bonds is 2. The molecule has 0 saturated carbocycles. The van der Waals surface area contributed by atoms with E-state index in [-0.39, 0.29) is 0 Å². The van der Waals surface area contributed by atoms with E-state index < -0.39 is 0 Å². The summed E-state index contributed by atoms with van der Waals surface area (Å²) < 4.78 is 0.525. The van der Waals surface area contributed by atoms with Crippen LogP contribution in [0.4, 0.5) is 0 Å². The van der Waals surface area contributed by atoms with Crippen LogP contribution in [0.1, 0.15) is 0 Å². The molecule has 0 atom stereocenters. The molecule has 0 unspecified atom stereocenters. The van der Waals surface area contributed by atoms with Gasteiger partial charge in [-0.2, -0.15) is 5.26 Å². The molecule has 0 bridgehead atoms. The van der Waals surface area contributed by atoms with Crippen molar-refractivity contribution in [3.8, 4) is 5.40 Å². The molecule has 0 aromatic rings. The Labute approximate surface area is 81.5 Å². The number of nitriles is 1. The average Bonchev–Trinajstić information content (AvgIpc) is 1.82. The van der Waals surface area contributed by atoms with Crippen molar-refractivity contribution in [2.24, 2.45) is 0 Å². The van der Waals surface area contributed by atoms with E-state index in [1.807, 2.05) is 28.0 Å². The Bertz CT molecular complexity index is 158. The molecule has 5 heteroatoms. The van der Waals surface area contributed by atoms with Crippen LogP contribution in [0.25, 0.3) is 0 Å². The second kappa shape index (κ2) is 5.66. The summed E-state index contributed by atoms with van der Waals surface area (Å²) in [5.74, 6) is 0.472. The van der Waals surface area contributed by atoms with Gasteiger partial charge in [-0.25, -0.2) is 0 Å². The van der Waals surface area contributed by atoms with E-state index in [2.05, 4.69) is 0 Å². The molecule has 0 aliphatic heterocycles. The fraction of sp³-hybridized carbons (Fsp3) is 0.250. The molecule has 0 N–H and O–H groups in total. The minimum absolute atomic E-state index is 0.472. The molecule has 0 aliphatic carbocycles. The van der Waals surface area contributed by atoms with E-state index in [1.54, 1.807) is 0 Å². The van der Waals surface area contributed by atoms with E-state index in [1.165, 1.54) is 0 Å². The van der Waals surface area contributed by atoms with Gasteiger partial charge in [-0.05, 0) is 34.4 Å². The van der Waals surface area contributed by atoms with Gasteiger partial charge in [0.25, 0.3) is 0 Å². The van der Waals surface area contributed by atoms with E-state index in [4.69, 9.17) is 28.5 Å². The molecule has 50 valence electrons. The zero-order valence-corrected chi connectivity index (χ0v) is 8.68. The standard InChI is InChI=1S/C4H2Cl2INS/c5-3(4(6)7)1-9-2-8/h1H2/b4-3-. The molecule has 0 amide bonds. The lowest BCUT2D eigenvalue weighted by Crippen LogP contribution is -1.74. The summed E-state index contributed by atoms with van der Waals surface area (Å²) >= 11 is 14.0. The molecule has 0 aliphatic rings. The summed E-state index contributed by atoms with van der Waals surface area (Å²) in [6.45, 7) is 0. The fourth-order valence-electron chi connectivity index (χ4n) is 0.150. The van der Waals surface area contributed by atoms with Gasteiger partial charge in [0.05, 0.1) is 8.07 Å². The maximum atomic E-state index is 8.08. The van der Waals surface area contributed by atoms with Gasteiger partial charge in [-0.15, -0.1) is 0 Å². The number of halogens is 3. The normalized spacial score (nSPS) is 12.2. The third kappa shape index (κ3) is 5.34. The zero-order valence-electron chi connectivity index (χ0n) is 4.20. The van der Waals surface area contributed by atoms with Gasteiger partial charge in [0, 0.05) is 5.75 Å². The van der Waals surface area contributed by atoms with Crippen molar-refractivity contribution in [3.63, 3.8) is 0 Å². The van der Waals surface area contributed by atoms with Crippen LogP contribution >= 0.6 is 57.6 Å². The number of thiocyanates is 1. The highest BCUT2D eigenvalue weighted by Crippen LogP contribution is 2.23. The Morgan fingerprint density at radius 2 is 2.22 bits per heavy atom. The minimum Gasteiger partial charge on any atom is -0.185 e. The third-order valence-electron chi connectivity index (χ3n) is 0.469. The summed E-state index contributed by atoms with van der Waals surface area (Å²) in [4.78, 5) is 0. The molecule has 9 heavy (non-hydrogen) atoms. The molecule has 0 aromatic heterocycles. The predicted octanol–water partition coefficient (Wildman–Crippen LogP) is 3.28. The van der Waals surface area contributed by atoms with Crippen molar-refractivity contribution in [3.05, 3.63) is 8.07 Å². The second-order valence-electron chi connectivity index (χ2n) is 1.05. The van der Waals surface area contributed by atoms with Gasteiger partial charge < -0.3 is 0 Å². The fourth-order valence-corrected chi connectivity index (χ4v) is 1.25. The Kier molecular flexibility index (Phi) is 6.22. The molecule has 0 saturated heterocycles. The third-order valence-corrected chi connectivity index (χ3v) is 2.81. The van der Waals surface area contributed by atoms with Crippen LogP contribution in [0.2, 0.25) is 0 Å². The summed E-state index contributed by atoms with van der Waals surface area (Å²) in [5, 5.41) is 10.5. The lowest BCUT2D eigenvalue weighted by molar-refractivity contribution is 1.56. The van der Waals surface area contributed by atoms with Gasteiger partial charge in [0.2, 0.25) is 0 Å². The molecule has 0 fully saturated rings. The first kappa shape index (κ1) is 9.89. The van der Waals surface area contributed by atoms with Crippen molar-refractivity contribution in [2.75, 3.05) is 5.75 Å². The molecule has 0 spiro atoms. The second-order valence-corrected chi connectivity index (χ2v) is 4.36. The van der Waals surface area contributed by atoms with Crippen LogP contribution in [-0.2, 0) is 0 Å². The predicted molar refractivity (Wildman–Crippen MR) is 50.8 cm³/mol. The van der Waals surface area contributed by atoms with Crippen LogP contribution in [0.3, 0.4) is 0 Å². The van der Waals surface area contributed by atoms with Crippen molar-refractivity contribution < 1.29 is 0 Å². The van der Waals surface area contributed by atoms with Crippen LogP contribution in [0.5, 0.6) is 0 Å². The minimum atomic E-state index is 0.472. The first-order valence-electron chi connectivity index (χ1n) is 1.89. The first-order chi connectivity index (χ1) is 4.18. The van der Waals surface area contributed by atoms with Crippen molar-refractivity contribution in [1.82, 2.24) is 0 Å². The molecular formula is C4H2Cl2INS. The summed E-state index contributed by atoms with van der Waals surface area (Å²) in [6, 6.07) is 0. The van der Waals surface area contributed by atoms with E-state index in [9.17, 15) is 0 Å². The zero-order chi connectivity index (χ0) is 7.28. The smallest absolute Gasteiger partial charge is 0.133 e. The Hall–Kier alpha value is 0.890. The molecule has 1 nitrogen and oxygen atoms in total. The SMILES string of the molecule is N#CSC/C(Cl)=C(\Cl)I. The highest BCUT2D eigenvalue weighted by atomic mass is 127. The molecule has 0 heterocycles.